The first-order valence-corrected chi connectivity index (χ1v) is 18.2. The quantitative estimate of drug-likeness (QED) is 0.190. The summed E-state index contributed by atoms with van der Waals surface area (Å²) in [5, 5.41) is 0. The van der Waals surface area contributed by atoms with Crippen molar-refractivity contribution >= 4 is 49.2 Å². The summed E-state index contributed by atoms with van der Waals surface area (Å²) in [5.74, 6) is 1.61. The van der Waals surface area contributed by atoms with Crippen LogP contribution < -0.4 is 0 Å². The number of hydrogen-bond acceptors (Lipinski definition) is 3. The van der Waals surface area contributed by atoms with Gasteiger partial charge in [-0.05, 0) is 45.9 Å². The Morgan fingerprint density at radius 3 is 1.26 bits per heavy atom. The maximum atomic E-state index is 5.35. The molecule has 0 fully saturated rings. The van der Waals surface area contributed by atoms with Gasteiger partial charge in [-0.15, -0.1) is 0 Å². The van der Waals surface area contributed by atoms with Gasteiger partial charge >= 0.3 is 33.3 Å². The van der Waals surface area contributed by atoms with E-state index in [4.69, 9.17) is 35.2 Å². The van der Waals surface area contributed by atoms with Crippen LogP contribution in [0.3, 0.4) is 0 Å². The molecule has 0 atom stereocenters. The van der Waals surface area contributed by atoms with Gasteiger partial charge in [0, 0.05) is 22.8 Å². The minimum absolute atomic E-state index is 0.107. The zero-order valence-corrected chi connectivity index (χ0v) is 31.1. The Morgan fingerprint density at radius 2 is 0.976 bits per heavy atom. The van der Waals surface area contributed by atoms with Gasteiger partial charge in [0.2, 0.25) is 0 Å². The van der Waals surface area contributed by atoms with E-state index < -0.39 is 0 Å². The van der Waals surface area contributed by atoms with Gasteiger partial charge in [0.25, 0.3) is 0 Å². The molecule has 0 N–H and O–H groups in total. The zero-order valence-electron chi connectivity index (χ0n) is 28.5. The van der Waals surface area contributed by atoms with Crippen molar-refractivity contribution < 1.29 is 13.1 Å². The Balaban J connectivity index is 0.00000281. The molecular formula is C36H55Cl2FeN3. The second-order valence-electron chi connectivity index (χ2n) is 14.3. The van der Waals surface area contributed by atoms with Gasteiger partial charge in [0.05, 0.1) is 23.6 Å². The molecule has 6 heteroatoms. The number of aliphatic imine (C=N–C) groups is 3. The average molecular weight is 657 g/mol. The Labute approximate surface area is 272 Å². The van der Waals surface area contributed by atoms with Crippen LogP contribution in [0, 0.1) is 10.8 Å². The molecule has 0 unspecified atom stereocenters. The molecule has 0 aliphatic rings. The molecular weight excluding hydrogens is 601 g/mol. The van der Waals surface area contributed by atoms with Crippen LogP contribution in [-0.2, 0) is 13.1 Å². The van der Waals surface area contributed by atoms with Crippen LogP contribution >= 0.6 is 20.2 Å². The molecule has 0 spiro atoms. The molecule has 2 aromatic carbocycles. The normalized spacial score (nSPS) is 13.6. The summed E-state index contributed by atoms with van der Waals surface area (Å²) >= 11 is 0.194. The Bertz CT molecular complexity index is 1170. The van der Waals surface area contributed by atoms with Crippen LogP contribution in [-0.4, -0.2) is 24.2 Å². The number of benzene rings is 2. The van der Waals surface area contributed by atoms with Crippen molar-refractivity contribution in [1.82, 2.24) is 0 Å². The predicted octanol–water partition coefficient (Wildman–Crippen LogP) is 12.6. The second-order valence-corrected chi connectivity index (χ2v) is 16.1. The average Bonchev–Trinajstić information content (AvgIpc) is 2.86. The number of nitrogens with zero attached hydrogens (tertiary/aromatic N) is 3. The van der Waals surface area contributed by atoms with Crippen molar-refractivity contribution in [3.05, 3.63) is 58.7 Å². The molecule has 2 rings (SSSR count). The van der Waals surface area contributed by atoms with E-state index in [1.54, 1.807) is 0 Å². The first kappa shape index (κ1) is 38.6. The van der Waals surface area contributed by atoms with Gasteiger partial charge in [-0.2, -0.15) is 0 Å². The molecule has 0 bridgehead atoms. The van der Waals surface area contributed by atoms with Crippen molar-refractivity contribution in [3.8, 4) is 0 Å². The van der Waals surface area contributed by atoms with Crippen LogP contribution in [0.15, 0.2) is 51.4 Å². The molecule has 42 heavy (non-hydrogen) atoms. The van der Waals surface area contributed by atoms with E-state index in [0.717, 1.165) is 22.8 Å². The second kappa shape index (κ2) is 17.1. The third-order valence-corrected chi connectivity index (χ3v) is 7.25. The van der Waals surface area contributed by atoms with E-state index >= 15 is 0 Å². The van der Waals surface area contributed by atoms with Crippen molar-refractivity contribution in [2.24, 2.45) is 25.8 Å². The number of rotatable bonds is 9. The summed E-state index contributed by atoms with van der Waals surface area (Å²) in [6.45, 7) is 31.9. The van der Waals surface area contributed by atoms with Gasteiger partial charge in [-0.1, -0.05) is 133 Å². The number of halogens is 2. The molecule has 3 nitrogen and oxygen atoms in total. The molecule has 236 valence electrons. The van der Waals surface area contributed by atoms with E-state index in [-0.39, 0.29) is 24.0 Å². The molecule has 0 aliphatic carbocycles. The van der Waals surface area contributed by atoms with E-state index in [9.17, 15) is 0 Å². The van der Waals surface area contributed by atoms with Gasteiger partial charge in [0.1, 0.15) is 0 Å². The molecule has 0 aliphatic heterocycles. The van der Waals surface area contributed by atoms with Gasteiger partial charge in [-0.25, -0.2) is 0 Å². The summed E-state index contributed by atoms with van der Waals surface area (Å²) in [7, 11) is 9.53. The van der Waals surface area contributed by atoms with Gasteiger partial charge < -0.3 is 0 Å². The SMILES string of the molecule is CC(C)c1cccc(C(C)C)c1N=C(C=NCC(=Nc1c(C(C)C)cccc1C(C)C)C(C)(C)C)C(C)(C)C.[Cl][Fe][Cl]. The van der Waals surface area contributed by atoms with Crippen molar-refractivity contribution in [2.45, 2.75) is 121 Å². The van der Waals surface area contributed by atoms with Gasteiger partial charge in [-0.3, -0.25) is 15.0 Å². The fourth-order valence-corrected chi connectivity index (χ4v) is 4.59. The molecule has 0 radical (unpaired) electrons. The fraction of sp³-hybridized carbons (Fsp3) is 0.583. The topological polar surface area (TPSA) is 37.1 Å². The predicted molar refractivity (Wildman–Crippen MR) is 187 cm³/mol. The number of hydrogen-bond donors (Lipinski definition) is 0. The number of para-hydroxylation sites is 2. The van der Waals surface area contributed by atoms with Crippen LogP contribution in [0.4, 0.5) is 11.4 Å². The molecule has 0 aromatic heterocycles. The Hall–Kier alpha value is -1.45. The van der Waals surface area contributed by atoms with Crippen LogP contribution in [0.25, 0.3) is 0 Å². The third-order valence-electron chi connectivity index (χ3n) is 7.25. The van der Waals surface area contributed by atoms with Crippen LogP contribution in [0.1, 0.15) is 143 Å². The monoisotopic (exact) mass is 655 g/mol. The van der Waals surface area contributed by atoms with Crippen molar-refractivity contribution in [1.29, 1.82) is 0 Å². The van der Waals surface area contributed by atoms with Crippen LogP contribution in [0.2, 0.25) is 0 Å². The molecule has 0 saturated heterocycles. The summed E-state index contributed by atoms with van der Waals surface area (Å²) in [6, 6.07) is 13.2. The maximum absolute atomic E-state index is 5.35. The van der Waals surface area contributed by atoms with Crippen LogP contribution in [0.5, 0.6) is 0 Å². The summed E-state index contributed by atoms with van der Waals surface area (Å²) in [5.41, 5.74) is 9.25. The third kappa shape index (κ3) is 11.6. The van der Waals surface area contributed by atoms with E-state index in [1.807, 2.05) is 6.21 Å². The summed E-state index contributed by atoms with van der Waals surface area (Å²) < 4.78 is 0. The summed E-state index contributed by atoms with van der Waals surface area (Å²) in [4.78, 5) is 15.7. The molecule has 0 amide bonds. The van der Waals surface area contributed by atoms with E-state index in [2.05, 4.69) is 133 Å². The van der Waals surface area contributed by atoms with E-state index in [1.165, 1.54) is 22.3 Å². The molecule has 2 aromatic rings. The minimum atomic E-state index is -0.143. The van der Waals surface area contributed by atoms with Gasteiger partial charge in [0.15, 0.2) is 0 Å². The molecule has 0 heterocycles. The first-order valence-electron chi connectivity index (χ1n) is 15.1. The van der Waals surface area contributed by atoms with E-state index in [0.29, 0.717) is 30.2 Å². The first-order chi connectivity index (χ1) is 19.4. The standard InChI is InChI=1S/C36H55N3.2ClH.Fe/c1-23(2)27-17-15-18-28(24(3)4)33(27)38-31(35(9,10)11)21-37-22-32(36(12,13)14)39-34-29(25(5)6)19-16-20-30(34)26(7)8;;;/h15-21,23-26H,22H2,1-14H3;2*1H;/q;;;+2/p-2. The zero-order chi connectivity index (χ0) is 32.4. The Kier molecular flexibility index (Phi) is 15.7. The fourth-order valence-electron chi connectivity index (χ4n) is 4.59. The Morgan fingerprint density at radius 1 is 0.643 bits per heavy atom. The van der Waals surface area contributed by atoms with Crippen molar-refractivity contribution in [2.75, 3.05) is 6.54 Å². The van der Waals surface area contributed by atoms with Crippen molar-refractivity contribution in [3.63, 3.8) is 0 Å². The molecule has 0 saturated carbocycles. The summed E-state index contributed by atoms with van der Waals surface area (Å²) in [6.07, 6.45) is 2.00.